The van der Waals surface area contributed by atoms with Gasteiger partial charge in [-0.1, -0.05) is 13.8 Å². The summed E-state index contributed by atoms with van der Waals surface area (Å²) in [7, 11) is 0. The van der Waals surface area contributed by atoms with Crippen molar-refractivity contribution in [2.75, 3.05) is 97.8 Å². The van der Waals surface area contributed by atoms with Gasteiger partial charge in [-0.3, -0.25) is 55.2 Å². The van der Waals surface area contributed by atoms with Crippen LogP contribution in [0.25, 0.3) is 22.1 Å². The lowest BCUT2D eigenvalue weighted by atomic mass is 9.98. The first-order valence-electron chi connectivity index (χ1n) is 34.8. The SMILES string of the molecule is CC[C@H](CC(=O)c1ncc2c(n1)N(C(=O)Nc1n[nH]c3nc(C)ccc13)[C@H]1CCCN2C1)C(F)(F)F.Cc1ccc2c(NC(=O)N3c4nc(C(=O)CCC(F)(F)F)ncc4N4CCC[C@H]3C4)n[nH]c2n1.Cc1nc(C(=O)C[C@H](C)C(F)(F)F)nc2c1N1CCC[C@@H](C1)N2C(=O)Nc1cc(OC[C@H](O)CO)ccn1. The molecule has 6 bridgehead atoms. The molecular weight excluding hydrogens is 1440 g/mol. The van der Waals surface area contributed by atoms with E-state index in [0.29, 0.717) is 108 Å². The van der Waals surface area contributed by atoms with E-state index in [1.165, 1.54) is 52.3 Å². The molecule has 7 N–H and O–H groups in total. The van der Waals surface area contributed by atoms with Gasteiger partial charge in [-0.2, -0.15) is 49.7 Å². The number of piperidine rings is 3. The molecule has 0 saturated carbocycles. The van der Waals surface area contributed by atoms with E-state index in [4.69, 9.17) is 9.84 Å². The van der Waals surface area contributed by atoms with E-state index in [1.54, 1.807) is 31.2 Å². The van der Waals surface area contributed by atoms with Gasteiger partial charge in [-0.25, -0.2) is 59.2 Å². The molecular formula is C68H75F9N22O9. The van der Waals surface area contributed by atoms with Crippen LogP contribution in [0.15, 0.2) is 55.0 Å². The summed E-state index contributed by atoms with van der Waals surface area (Å²) < 4.78 is 122. The second-order valence-electron chi connectivity index (χ2n) is 27.0. The number of aliphatic hydroxyl groups is 2. The van der Waals surface area contributed by atoms with Crippen LogP contribution in [-0.4, -0.2) is 206 Å². The standard InChI is InChI=1S/C24H29F3N6O5.C23H25F3N8O2.C21H21F3N8O2/c1-13(24(25,26)27)8-18(36)21-29-14(2)20-22(31-21)33(15-4-3-7-32(20)10-15)23(37)30-19-9-17(5-6-28-19)38-12-16(35)11-34;1-3-13(23(24,25)26)9-17(35)20-27-10-16-21(29-20)34(14-5-4-8-33(16)11-14)22(36)30-19-15-7-6-12(2)28-18(15)31-32-19;1-11-4-5-13-16(26-11)29-30-17(13)28-20(34)32-12-3-2-8-31(10-12)14-9-25-18(27-19(14)32)15(33)6-7-21(22,23)24/h5-6,9,13,15-16,34-35H,3-4,7-8,10-12H2,1-2H3,(H,28,30,37);6-7,10,13-14H,3-5,8-9,11H2,1-2H3,(H2,28,30,31,32,36);4-5,9,12H,2-3,6-8,10H2,1H3,(H2,26,28,29,30,34)/t13-,15-,16+;13-,14+;12-/m010/s1. The molecule has 6 aliphatic rings. The Morgan fingerprint density at radius 1 is 0.602 bits per heavy atom. The zero-order chi connectivity index (χ0) is 77.3. The van der Waals surface area contributed by atoms with E-state index in [0.717, 1.165) is 50.7 Å². The number of urea groups is 3. The summed E-state index contributed by atoms with van der Waals surface area (Å²) in [6, 6.07) is 7.82. The maximum absolute atomic E-state index is 13.5. The highest BCUT2D eigenvalue weighted by atomic mass is 19.4. The molecule has 3 fully saturated rings. The summed E-state index contributed by atoms with van der Waals surface area (Å²) >= 11 is 0. The van der Waals surface area contributed by atoms with Crippen LogP contribution in [0.1, 0.15) is 133 Å². The highest BCUT2D eigenvalue weighted by Crippen LogP contribution is 2.44. The average Bonchev–Trinajstić information content (AvgIpc) is 0.824. The number of carbonyl (C=O) groups excluding carboxylic acids is 6. The van der Waals surface area contributed by atoms with Gasteiger partial charge in [-0.15, -0.1) is 0 Å². The Balaban J connectivity index is 0.000000151. The molecule has 6 amide bonds. The summed E-state index contributed by atoms with van der Waals surface area (Å²) in [6.07, 6.45) is -9.56. The first kappa shape index (κ1) is 76.6. The number of rotatable bonds is 17. The monoisotopic (exact) mass is 1510 g/mol. The summed E-state index contributed by atoms with van der Waals surface area (Å²) in [5, 5.41) is 41.9. The van der Waals surface area contributed by atoms with Crippen molar-refractivity contribution >= 4 is 109 Å². The zero-order valence-electron chi connectivity index (χ0n) is 58.9. The van der Waals surface area contributed by atoms with Gasteiger partial charge in [-0.05, 0) is 96.0 Å². The highest BCUT2D eigenvalue weighted by molar-refractivity contribution is 6.10. The van der Waals surface area contributed by atoms with E-state index < -0.39 is 104 Å². The molecule has 3 saturated heterocycles. The van der Waals surface area contributed by atoms with E-state index in [1.807, 2.05) is 28.5 Å². The molecule has 40 heteroatoms. The second kappa shape index (κ2) is 31.4. The number of fused-ring (bicyclic) bond motifs is 14. The number of aliphatic hydroxyl groups excluding tert-OH is 2. The summed E-state index contributed by atoms with van der Waals surface area (Å²) in [6.45, 7) is 10.8. The van der Waals surface area contributed by atoms with Gasteiger partial charge in [0, 0.05) is 82.2 Å². The number of Topliss-reactive ketones (excluding diaryl/α,β-unsaturated/α-hetero) is 3. The predicted molar refractivity (Wildman–Crippen MR) is 374 cm³/mol. The summed E-state index contributed by atoms with van der Waals surface area (Å²) in [5.41, 5.74) is 4.71. The molecule has 0 radical (unpaired) electrons. The van der Waals surface area contributed by atoms with Crippen molar-refractivity contribution in [1.29, 1.82) is 0 Å². The average molecular weight is 1520 g/mol. The molecule has 14 rings (SSSR count). The minimum Gasteiger partial charge on any atom is -0.491 e. The van der Waals surface area contributed by atoms with Crippen molar-refractivity contribution in [2.45, 2.75) is 148 Å². The number of pyridine rings is 3. The quantitative estimate of drug-likeness (QED) is 0.0329. The third-order valence-corrected chi connectivity index (χ3v) is 19.2. The number of halogens is 9. The molecule has 574 valence electrons. The van der Waals surface area contributed by atoms with Crippen molar-refractivity contribution < 1.29 is 83.2 Å². The molecule has 108 heavy (non-hydrogen) atoms. The number of aryl methyl sites for hydroxylation is 3. The number of ether oxygens (including phenoxy) is 1. The number of aromatic nitrogens is 13. The molecule has 8 aromatic heterocycles. The third-order valence-electron chi connectivity index (χ3n) is 19.2. The lowest BCUT2D eigenvalue weighted by Crippen LogP contribution is -2.56. The zero-order valence-corrected chi connectivity index (χ0v) is 58.9. The molecule has 6 atom stereocenters. The van der Waals surface area contributed by atoms with Crippen LogP contribution in [-0.2, 0) is 0 Å². The van der Waals surface area contributed by atoms with Crippen LogP contribution < -0.4 is 50.1 Å². The summed E-state index contributed by atoms with van der Waals surface area (Å²) in [5.74, 6) is -5.58. The number of H-pyrrole nitrogens is 2. The van der Waals surface area contributed by atoms with Gasteiger partial charge in [0.15, 0.2) is 63.6 Å². The first-order valence-corrected chi connectivity index (χ1v) is 34.8. The Morgan fingerprint density at radius 3 is 1.60 bits per heavy atom. The Labute approximate surface area is 608 Å². The fraction of sp³-hybridized carbons (Fsp3) is 0.485. The summed E-state index contributed by atoms with van der Waals surface area (Å²) in [4.78, 5) is 127. The van der Waals surface area contributed by atoms with Gasteiger partial charge in [0.05, 0.1) is 83.2 Å². The van der Waals surface area contributed by atoms with Gasteiger partial charge < -0.3 is 29.6 Å². The number of hydrogen-bond acceptors (Lipinski definition) is 23. The third kappa shape index (κ3) is 17.0. The van der Waals surface area contributed by atoms with Gasteiger partial charge in [0.2, 0.25) is 11.6 Å². The van der Waals surface area contributed by atoms with E-state index in [9.17, 15) is 73.4 Å². The number of aromatic amines is 2. The Morgan fingerprint density at radius 2 is 1.09 bits per heavy atom. The van der Waals surface area contributed by atoms with Crippen molar-refractivity contribution in [3.05, 3.63) is 89.5 Å². The number of alkyl halides is 9. The molecule has 0 spiro atoms. The van der Waals surface area contributed by atoms with Crippen LogP contribution in [0.4, 0.5) is 106 Å². The Bertz CT molecular complexity index is 4720. The molecule has 14 heterocycles. The number of hydrogen-bond donors (Lipinski definition) is 7. The highest BCUT2D eigenvalue weighted by Gasteiger charge is 2.46. The second-order valence-corrected chi connectivity index (χ2v) is 27.0. The van der Waals surface area contributed by atoms with Crippen molar-refractivity contribution in [3.8, 4) is 5.75 Å². The van der Waals surface area contributed by atoms with Crippen LogP contribution in [0.3, 0.4) is 0 Å². The maximum atomic E-state index is 13.5. The molecule has 8 aromatic rings. The lowest BCUT2D eigenvalue weighted by Gasteiger charge is -2.46. The van der Waals surface area contributed by atoms with Crippen LogP contribution >= 0.6 is 0 Å². The fourth-order valence-electron chi connectivity index (χ4n) is 13.6. The number of nitrogens with zero attached hydrogens (tertiary/aromatic N) is 17. The minimum absolute atomic E-state index is 0.145. The van der Waals surface area contributed by atoms with Crippen molar-refractivity contribution in [2.24, 2.45) is 11.8 Å². The largest absolute Gasteiger partial charge is 0.491 e. The molecule has 0 aromatic carbocycles. The molecule has 0 aliphatic carbocycles. The Hall–Kier alpha value is -11.1. The van der Waals surface area contributed by atoms with Crippen molar-refractivity contribution in [1.82, 2.24) is 65.3 Å². The molecule has 6 aliphatic heterocycles. The van der Waals surface area contributed by atoms with Gasteiger partial charge >= 0.3 is 36.6 Å². The van der Waals surface area contributed by atoms with E-state index in [-0.39, 0.29) is 71.9 Å². The van der Waals surface area contributed by atoms with Crippen LogP contribution in [0.5, 0.6) is 5.75 Å². The first-order chi connectivity index (χ1) is 51.3. The minimum atomic E-state index is -4.53. The number of amides is 6. The normalized spacial score (nSPS) is 18.1. The Kier molecular flexibility index (Phi) is 22.3. The van der Waals surface area contributed by atoms with E-state index in [2.05, 4.69) is 81.2 Å². The fourth-order valence-corrected chi connectivity index (χ4v) is 13.6. The smallest absolute Gasteiger partial charge is 0.392 e. The topological polar surface area (TPSA) is 381 Å². The predicted octanol–water partition coefficient (Wildman–Crippen LogP) is 10.5. The molecule has 31 nitrogen and oxygen atoms in total. The number of anilines is 9. The number of carbonyl (C=O) groups is 6. The van der Waals surface area contributed by atoms with Crippen LogP contribution in [0, 0.1) is 32.6 Å². The number of ketones is 3. The number of nitrogens with one attached hydrogen (secondary N) is 5. The van der Waals surface area contributed by atoms with E-state index >= 15 is 0 Å². The molecule has 0 unspecified atom stereocenters. The van der Waals surface area contributed by atoms with Gasteiger partial charge in [0.25, 0.3) is 0 Å². The maximum Gasteiger partial charge on any atom is 0.392 e. The van der Waals surface area contributed by atoms with Crippen LogP contribution in [0.2, 0.25) is 0 Å². The van der Waals surface area contributed by atoms with Crippen molar-refractivity contribution in [3.63, 3.8) is 0 Å². The van der Waals surface area contributed by atoms with Gasteiger partial charge in [0.1, 0.15) is 30.0 Å². The lowest BCUT2D eigenvalue weighted by molar-refractivity contribution is -0.174.